The second-order valence-electron chi connectivity index (χ2n) is 3.79. The van der Waals surface area contributed by atoms with Crippen molar-refractivity contribution in [2.24, 2.45) is 20.6 Å². The lowest BCUT2D eigenvalue weighted by molar-refractivity contribution is -0.117. The smallest absolute Gasteiger partial charge is 0.285 e. The average molecular weight is 272 g/mol. The van der Waals surface area contributed by atoms with Crippen molar-refractivity contribution < 1.29 is 9.59 Å². The first-order chi connectivity index (χ1) is 9.54. The largest absolute Gasteiger partial charge is 0.297 e. The summed E-state index contributed by atoms with van der Waals surface area (Å²) < 4.78 is 0. The van der Waals surface area contributed by atoms with E-state index in [0.717, 1.165) is 0 Å². The summed E-state index contributed by atoms with van der Waals surface area (Å²) in [5, 5.41) is 23.9. The lowest BCUT2D eigenvalue weighted by Crippen LogP contribution is -2.00. The van der Waals surface area contributed by atoms with Crippen LogP contribution in [-0.2, 0) is 4.79 Å². The zero-order valence-corrected chi connectivity index (χ0v) is 11.0. The number of hydrogen-bond donors (Lipinski definition) is 0. The first-order valence-corrected chi connectivity index (χ1v) is 5.58. The third-order valence-corrected chi connectivity index (χ3v) is 1.95. The molecule has 8 nitrogen and oxygen atoms in total. The molecule has 0 aliphatic heterocycles. The molecular weight excluding hydrogens is 260 g/mol. The first kappa shape index (κ1) is 15.1. The van der Waals surface area contributed by atoms with E-state index >= 15 is 0 Å². The van der Waals surface area contributed by atoms with Gasteiger partial charge in [0.1, 0.15) is 12.1 Å². The Kier molecular flexibility index (Phi) is 5.65. The Balaban J connectivity index is 2.94. The van der Waals surface area contributed by atoms with Crippen molar-refractivity contribution >= 4 is 17.5 Å². The van der Waals surface area contributed by atoms with Crippen LogP contribution in [0.2, 0.25) is 0 Å². The molecule has 0 fully saturated rings. The van der Waals surface area contributed by atoms with E-state index in [1.165, 1.54) is 11.1 Å². The average Bonchev–Trinajstić information content (AvgIpc) is 2.43. The molecule has 0 aromatic heterocycles. The SMILES string of the molecule is CN(C)N=Nc1ccccc1C(=O)N=NC(=O)CC#N. The standard InChI is InChI=1S/C12H12N6O2/c1-18(2)17-14-10-6-4-3-5-9(10)12(20)16-15-11(19)7-8-13/h3-6H,7H2,1-2H3. The minimum absolute atomic E-state index is 0.173. The van der Waals surface area contributed by atoms with Crippen LogP contribution in [-0.4, -0.2) is 30.9 Å². The molecule has 0 atom stereocenters. The highest BCUT2D eigenvalue weighted by Gasteiger charge is 2.10. The van der Waals surface area contributed by atoms with Crippen LogP contribution in [0.15, 0.2) is 44.8 Å². The normalized spacial score (nSPS) is 10.7. The summed E-state index contributed by atoms with van der Waals surface area (Å²) in [6.07, 6.45) is -0.418. The molecule has 0 N–H and O–H groups in total. The molecule has 1 aromatic rings. The molecule has 8 heteroatoms. The molecule has 0 radical (unpaired) electrons. The molecule has 0 saturated heterocycles. The maximum absolute atomic E-state index is 11.8. The van der Waals surface area contributed by atoms with Gasteiger partial charge in [0.05, 0.1) is 11.6 Å². The van der Waals surface area contributed by atoms with Gasteiger partial charge in [0, 0.05) is 14.1 Å². The Morgan fingerprint density at radius 2 is 1.95 bits per heavy atom. The van der Waals surface area contributed by atoms with Gasteiger partial charge in [0.25, 0.3) is 11.8 Å². The summed E-state index contributed by atoms with van der Waals surface area (Å²) in [6, 6.07) is 8.04. The molecule has 20 heavy (non-hydrogen) atoms. The van der Waals surface area contributed by atoms with Gasteiger partial charge in [-0.05, 0) is 12.1 Å². The maximum atomic E-state index is 11.8. The van der Waals surface area contributed by atoms with Crippen LogP contribution in [0.4, 0.5) is 5.69 Å². The Hall–Kier alpha value is -2.95. The number of azo groups is 1. The van der Waals surface area contributed by atoms with E-state index in [1.54, 1.807) is 38.4 Å². The lowest BCUT2D eigenvalue weighted by atomic mass is 10.2. The molecule has 0 heterocycles. The van der Waals surface area contributed by atoms with E-state index in [9.17, 15) is 9.59 Å². The molecule has 1 rings (SSSR count). The van der Waals surface area contributed by atoms with Gasteiger partial charge in [-0.2, -0.15) is 5.26 Å². The van der Waals surface area contributed by atoms with Crippen LogP contribution in [0.5, 0.6) is 0 Å². The highest BCUT2D eigenvalue weighted by molar-refractivity contribution is 5.99. The number of rotatable bonds is 4. The number of hydrogen-bond acceptors (Lipinski definition) is 5. The summed E-state index contributed by atoms with van der Waals surface area (Å²) in [7, 11) is 3.38. The van der Waals surface area contributed by atoms with E-state index in [2.05, 4.69) is 20.6 Å². The molecule has 2 amide bonds. The van der Waals surface area contributed by atoms with Crippen molar-refractivity contribution in [1.29, 1.82) is 5.26 Å². The van der Waals surface area contributed by atoms with Crippen molar-refractivity contribution in [3.8, 4) is 6.07 Å². The Morgan fingerprint density at radius 3 is 2.60 bits per heavy atom. The second-order valence-corrected chi connectivity index (χ2v) is 3.79. The van der Waals surface area contributed by atoms with Crippen molar-refractivity contribution in [2.45, 2.75) is 6.42 Å². The van der Waals surface area contributed by atoms with E-state index < -0.39 is 18.2 Å². The summed E-state index contributed by atoms with van der Waals surface area (Å²) in [5.74, 6) is -1.49. The Bertz CT molecular complexity index is 600. The number of carbonyl (C=O) groups is 2. The lowest BCUT2D eigenvalue weighted by Gasteiger charge is -2.02. The molecule has 0 bridgehead atoms. The minimum Gasteiger partial charge on any atom is -0.285 e. The van der Waals surface area contributed by atoms with Gasteiger partial charge in [-0.15, -0.1) is 15.3 Å². The molecule has 0 saturated carbocycles. The fourth-order valence-electron chi connectivity index (χ4n) is 1.14. The second kappa shape index (κ2) is 7.48. The predicted octanol–water partition coefficient (Wildman–Crippen LogP) is 2.28. The first-order valence-electron chi connectivity index (χ1n) is 5.58. The Labute approximate surface area is 115 Å². The number of nitriles is 1. The van der Waals surface area contributed by atoms with Gasteiger partial charge >= 0.3 is 0 Å². The predicted molar refractivity (Wildman–Crippen MR) is 69.1 cm³/mol. The van der Waals surface area contributed by atoms with Crippen LogP contribution in [0.1, 0.15) is 16.8 Å². The molecule has 1 aromatic carbocycles. The third kappa shape index (κ3) is 4.73. The number of benzene rings is 1. The van der Waals surface area contributed by atoms with Crippen molar-refractivity contribution in [1.82, 2.24) is 5.01 Å². The van der Waals surface area contributed by atoms with Gasteiger partial charge in [0.15, 0.2) is 0 Å². The molecular formula is C12H12N6O2. The summed E-state index contributed by atoms with van der Waals surface area (Å²) in [4.78, 5) is 22.8. The van der Waals surface area contributed by atoms with Crippen molar-refractivity contribution in [3.05, 3.63) is 29.8 Å². The van der Waals surface area contributed by atoms with E-state index in [-0.39, 0.29) is 5.56 Å². The van der Waals surface area contributed by atoms with E-state index in [4.69, 9.17) is 5.26 Å². The van der Waals surface area contributed by atoms with Crippen LogP contribution < -0.4 is 0 Å². The van der Waals surface area contributed by atoms with Crippen LogP contribution in [0.25, 0.3) is 0 Å². The fourth-order valence-corrected chi connectivity index (χ4v) is 1.14. The zero-order valence-electron chi connectivity index (χ0n) is 11.0. The fraction of sp³-hybridized carbons (Fsp3) is 0.250. The van der Waals surface area contributed by atoms with E-state index in [0.29, 0.717) is 5.69 Å². The Morgan fingerprint density at radius 1 is 1.25 bits per heavy atom. The highest BCUT2D eigenvalue weighted by atomic mass is 16.2. The van der Waals surface area contributed by atoms with Crippen molar-refractivity contribution in [3.63, 3.8) is 0 Å². The highest BCUT2D eigenvalue weighted by Crippen LogP contribution is 2.20. The zero-order chi connectivity index (χ0) is 15.0. The number of nitrogens with zero attached hydrogens (tertiary/aromatic N) is 6. The summed E-state index contributed by atoms with van der Waals surface area (Å²) >= 11 is 0. The quantitative estimate of drug-likeness (QED) is 0.618. The monoisotopic (exact) mass is 272 g/mol. The van der Waals surface area contributed by atoms with Gasteiger partial charge < -0.3 is 0 Å². The van der Waals surface area contributed by atoms with Gasteiger partial charge in [-0.3, -0.25) is 14.6 Å². The summed E-state index contributed by atoms with van der Waals surface area (Å²) in [6.45, 7) is 0. The maximum Gasteiger partial charge on any atom is 0.297 e. The molecule has 102 valence electrons. The van der Waals surface area contributed by atoms with Gasteiger partial charge in [-0.1, -0.05) is 17.4 Å². The number of carbonyl (C=O) groups excluding carboxylic acids is 2. The summed E-state index contributed by atoms with van der Waals surface area (Å²) in [5.41, 5.74) is 0.490. The van der Waals surface area contributed by atoms with Crippen LogP contribution >= 0.6 is 0 Å². The topological polar surface area (TPSA) is 111 Å². The molecule has 0 spiro atoms. The minimum atomic E-state index is -0.770. The van der Waals surface area contributed by atoms with Gasteiger partial charge in [-0.25, -0.2) is 0 Å². The number of amides is 2. The van der Waals surface area contributed by atoms with Crippen LogP contribution in [0.3, 0.4) is 0 Å². The van der Waals surface area contributed by atoms with Crippen LogP contribution in [0, 0.1) is 11.3 Å². The van der Waals surface area contributed by atoms with Gasteiger partial charge in [0.2, 0.25) is 0 Å². The third-order valence-electron chi connectivity index (χ3n) is 1.95. The molecule has 0 unspecified atom stereocenters. The molecule has 0 aliphatic rings. The molecule has 0 aliphatic carbocycles. The van der Waals surface area contributed by atoms with E-state index in [1.807, 2.05) is 0 Å². The van der Waals surface area contributed by atoms with Crippen molar-refractivity contribution in [2.75, 3.05) is 14.1 Å².